The van der Waals surface area contributed by atoms with Crippen LogP contribution in [0.2, 0.25) is 0 Å². The molecule has 5 heteroatoms. The molecule has 0 saturated carbocycles. The van der Waals surface area contributed by atoms with Gasteiger partial charge >= 0.3 is 0 Å². The molecule has 2 aromatic carbocycles. The molecule has 1 amide bonds. The van der Waals surface area contributed by atoms with Gasteiger partial charge in [0.2, 0.25) is 5.91 Å². The maximum Gasteiger partial charge on any atom is 0.241 e. The second-order valence-corrected chi connectivity index (χ2v) is 7.29. The fraction of sp³-hybridized carbons (Fsp3) is 0.250. The summed E-state index contributed by atoms with van der Waals surface area (Å²) in [5.41, 5.74) is 1.89. The number of nitrogens with zero attached hydrogens (tertiary/aromatic N) is 1. The maximum absolute atomic E-state index is 12.7. The molecule has 4 rings (SSSR count). The van der Waals surface area contributed by atoms with E-state index in [1.807, 2.05) is 60.4 Å². The number of fused-ring (bicyclic) bond motifs is 2. The van der Waals surface area contributed by atoms with Crippen LogP contribution in [0.25, 0.3) is 11.0 Å². The van der Waals surface area contributed by atoms with Crippen LogP contribution in [0.5, 0.6) is 0 Å². The van der Waals surface area contributed by atoms with Crippen molar-refractivity contribution < 1.29 is 9.21 Å². The number of furan rings is 1. The van der Waals surface area contributed by atoms with Crippen LogP contribution < -0.4 is 10.2 Å². The van der Waals surface area contributed by atoms with Crippen molar-refractivity contribution in [1.29, 1.82) is 0 Å². The lowest BCUT2D eigenvalue weighted by molar-refractivity contribution is -0.117. The Labute approximate surface area is 151 Å². The Morgan fingerprint density at radius 1 is 1.24 bits per heavy atom. The fourth-order valence-corrected chi connectivity index (χ4v) is 4.08. The minimum Gasteiger partial charge on any atom is -0.459 e. The molecular weight excluding hydrogens is 332 g/mol. The van der Waals surface area contributed by atoms with Gasteiger partial charge in [0.15, 0.2) is 0 Å². The summed E-state index contributed by atoms with van der Waals surface area (Å²) in [4.78, 5) is 15.7. The van der Waals surface area contributed by atoms with Crippen LogP contribution in [0.4, 0.5) is 5.69 Å². The maximum atomic E-state index is 12.7. The van der Waals surface area contributed by atoms with Gasteiger partial charge in [-0.25, -0.2) is 0 Å². The van der Waals surface area contributed by atoms with Gasteiger partial charge in [-0.3, -0.25) is 10.1 Å². The molecule has 0 aliphatic carbocycles. The molecule has 4 nitrogen and oxygen atoms in total. The van der Waals surface area contributed by atoms with Crippen molar-refractivity contribution in [3.8, 4) is 0 Å². The van der Waals surface area contributed by atoms with Crippen molar-refractivity contribution in [2.75, 3.05) is 23.7 Å². The third kappa shape index (κ3) is 3.30. The summed E-state index contributed by atoms with van der Waals surface area (Å²) < 4.78 is 5.87. The number of nitrogens with one attached hydrogen (secondary N) is 1. The highest BCUT2D eigenvalue weighted by Gasteiger charge is 2.23. The van der Waals surface area contributed by atoms with Gasteiger partial charge in [0.1, 0.15) is 11.3 Å². The fourth-order valence-electron chi connectivity index (χ4n) is 3.08. The molecule has 1 N–H and O–H groups in total. The number of amides is 1. The predicted octanol–water partition coefficient (Wildman–Crippen LogP) is 4.22. The monoisotopic (exact) mass is 352 g/mol. The molecular formula is C20H20N2O2S. The molecule has 128 valence electrons. The molecule has 1 aromatic heterocycles. The number of rotatable bonds is 4. The van der Waals surface area contributed by atoms with Crippen molar-refractivity contribution in [2.45, 2.75) is 17.9 Å². The van der Waals surface area contributed by atoms with Gasteiger partial charge in [-0.2, -0.15) is 0 Å². The van der Waals surface area contributed by atoms with Gasteiger partial charge in [-0.15, -0.1) is 11.8 Å². The average Bonchev–Trinajstić information content (AvgIpc) is 3.09. The van der Waals surface area contributed by atoms with E-state index in [2.05, 4.69) is 11.4 Å². The van der Waals surface area contributed by atoms with Crippen molar-refractivity contribution in [3.05, 3.63) is 60.4 Å². The van der Waals surface area contributed by atoms with Gasteiger partial charge in [0.05, 0.1) is 18.3 Å². The minimum absolute atomic E-state index is 0.0224. The van der Waals surface area contributed by atoms with Gasteiger partial charge in [-0.1, -0.05) is 30.3 Å². The molecule has 2 heterocycles. The smallest absolute Gasteiger partial charge is 0.241 e. The van der Waals surface area contributed by atoms with E-state index in [0.717, 1.165) is 34.7 Å². The van der Waals surface area contributed by atoms with Crippen LogP contribution in [-0.2, 0) is 4.79 Å². The molecule has 3 aromatic rings. The van der Waals surface area contributed by atoms with Crippen molar-refractivity contribution in [1.82, 2.24) is 5.32 Å². The summed E-state index contributed by atoms with van der Waals surface area (Å²) in [6, 6.07) is 18.0. The zero-order valence-corrected chi connectivity index (χ0v) is 14.9. The number of hydrogen-bond donors (Lipinski definition) is 1. The summed E-state index contributed by atoms with van der Waals surface area (Å²) in [5, 5.41) is 4.38. The van der Waals surface area contributed by atoms with E-state index in [0.29, 0.717) is 0 Å². The van der Waals surface area contributed by atoms with Gasteiger partial charge in [0, 0.05) is 22.6 Å². The third-order valence-electron chi connectivity index (χ3n) is 4.46. The van der Waals surface area contributed by atoms with E-state index in [-0.39, 0.29) is 18.5 Å². The zero-order chi connectivity index (χ0) is 17.2. The highest BCUT2D eigenvalue weighted by Crippen LogP contribution is 2.34. The second-order valence-electron chi connectivity index (χ2n) is 6.15. The lowest BCUT2D eigenvalue weighted by atomic mass is 10.2. The summed E-state index contributed by atoms with van der Waals surface area (Å²) in [5.74, 6) is 1.88. The largest absolute Gasteiger partial charge is 0.459 e. The molecule has 0 saturated heterocycles. The van der Waals surface area contributed by atoms with Crippen LogP contribution in [0.1, 0.15) is 18.7 Å². The van der Waals surface area contributed by atoms with Gasteiger partial charge in [-0.05, 0) is 31.2 Å². The molecule has 0 bridgehead atoms. The standard InChI is InChI=1S/C20H20N2O2S/c1-14(18-12-15-6-2-4-8-17(15)24-18)21-13-20(23)22-10-11-25-19-9-5-3-7-16(19)22/h2-9,12,14,21H,10-11,13H2,1H3. The Balaban J connectivity index is 1.43. The van der Waals surface area contributed by atoms with Crippen LogP contribution in [0.15, 0.2) is 63.9 Å². The first-order valence-corrected chi connectivity index (χ1v) is 9.45. The van der Waals surface area contributed by atoms with E-state index in [4.69, 9.17) is 4.42 Å². The van der Waals surface area contributed by atoms with Crippen molar-refractivity contribution in [2.24, 2.45) is 0 Å². The summed E-state index contributed by atoms with van der Waals surface area (Å²) >= 11 is 1.80. The molecule has 1 aliphatic heterocycles. The summed E-state index contributed by atoms with van der Waals surface area (Å²) in [6.07, 6.45) is 0. The van der Waals surface area contributed by atoms with Crippen LogP contribution in [0, 0.1) is 0 Å². The Hall–Kier alpha value is -2.24. The normalized spacial score (nSPS) is 15.2. The molecule has 1 unspecified atom stereocenters. The Morgan fingerprint density at radius 3 is 2.92 bits per heavy atom. The molecule has 25 heavy (non-hydrogen) atoms. The Morgan fingerprint density at radius 2 is 2.04 bits per heavy atom. The minimum atomic E-state index is -0.0224. The first-order chi connectivity index (χ1) is 12.2. The Kier molecular flexibility index (Phi) is 4.51. The van der Waals surface area contributed by atoms with E-state index in [1.54, 1.807) is 11.8 Å². The number of carbonyl (C=O) groups excluding carboxylic acids is 1. The SMILES string of the molecule is CC(NCC(=O)N1CCSc2ccccc21)c1cc2ccccc2o1. The zero-order valence-electron chi connectivity index (χ0n) is 14.1. The lowest BCUT2D eigenvalue weighted by Crippen LogP contribution is -2.41. The highest BCUT2D eigenvalue weighted by molar-refractivity contribution is 7.99. The quantitative estimate of drug-likeness (QED) is 0.763. The van der Waals surface area contributed by atoms with E-state index < -0.39 is 0 Å². The number of benzene rings is 2. The highest BCUT2D eigenvalue weighted by atomic mass is 32.2. The summed E-state index contributed by atoms with van der Waals surface area (Å²) in [6.45, 7) is 3.06. The first kappa shape index (κ1) is 16.2. The van der Waals surface area contributed by atoms with Crippen molar-refractivity contribution >= 4 is 34.3 Å². The van der Waals surface area contributed by atoms with Crippen molar-refractivity contribution in [3.63, 3.8) is 0 Å². The number of carbonyl (C=O) groups is 1. The van der Waals surface area contributed by atoms with Crippen LogP contribution in [0.3, 0.4) is 0 Å². The third-order valence-corrected chi connectivity index (χ3v) is 5.50. The molecule has 1 atom stereocenters. The number of para-hydroxylation sites is 2. The molecule has 0 fully saturated rings. The number of thioether (sulfide) groups is 1. The molecule has 0 radical (unpaired) electrons. The van der Waals surface area contributed by atoms with Gasteiger partial charge < -0.3 is 9.32 Å². The predicted molar refractivity (Wildman–Crippen MR) is 102 cm³/mol. The van der Waals surface area contributed by atoms with E-state index in [9.17, 15) is 4.79 Å². The number of anilines is 1. The van der Waals surface area contributed by atoms with Crippen LogP contribution >= 0.6 is 11.8 Å². The first-order valence-electron chi connectivity index (χ1n) is 8.46. The Bertz CT molecular complexity index is 872. The lowest BCUT2D eigenvalue weighted by Gasteiger charge is -2.29. The summed E-state index contributed by atoms with van der Waals surface area (Å²) in [7, 11) is 0. The molecule has 0 spiro atoms. The van der Waals surface area contributed by atoms with E-state index >= 15 is 0 Å². The van der Waals surface area contributed by atoms with E-state index in [1.165, 1.54) is 4.90 Å². The van der Waals surface area contributed by atoms with Crippen LogP contribution in [-0.4, -0.2) is 24.7 Å². The van der Waals surface area contributed by atoms with Gasteiger partial charge in [0.25, 0.3) is 0 Å². The number of hydrogen-bond acceptors (Lipinski definition) is 4. The average molecular weight is 352 g/mol. The second kappa shape index (κ2) is 6.94. The molecule has 1 aliphatic rings. The topological polar surface area (TPSA) is 45.5 Å².